The largest absolute Gasteiger partial charge is 0.418 e. The molecule has 2 aromatic rings. The van der Waals surface area contributed by atoms with E-state index in [1.165, 1.54) is 6.07 Å². The molecular weight excluding hydrogens is 301 g/mol. The maximum absolute atomic E-state index is 12.9. The number of hydrogen-bond acceptors (Lipinski definition) is 2. The van der Waals surface area contributed by atoms with E-state index in [2.05, 4.69) is 0 Å². The van der Waals surface area contributed by atoms with Gasteiger partial charge in [0.2, 0.25) is 0 Å². The molecule has 0 spiro atoms. The fourth-order valence-corrected chi connectivity index (χ4v) is 2.11. The minimum absolute atomic E-state index is 0.272. The van der Waals surface area contributed by atoms with E-state index in [1.807, 2.05) is 12.1 Å². The second kappa shape index (κ2) is 5.85. The van der Waals surface area contributed by atoms with E-state index in [4.69, 9.17) is 17.3 Å². The third-order valence-electron chi connectivity index (χ3n) is 3.12. The standard InChI is InChI=1S/C15H14ClF3N2/c1-21(9-10-2-4-11(16)5-3-10)12-6-7-14(20)13(8-12)15(17,18)19/h2-8H,9,20H2,1H3. The molecule has 0 bridgehead atoms. The molecule has 0 saturated heterocycles. The normalized spacial score (nSPS) is 11.5. The van der Waals surface area contributed by atoms with Gasteiger partial charge in [0.15, 0.2) is 0 Å². The summed E-state index contributed by atoms with van der Waals surface area (Å²) in [4.78, 5) is 1.72. The number of alkyl halides is 3. The molecule has 0 amide bonds. The smallest absolute Gasteiger partial charge is 0.398 e. The fraction of sp³-hybridized carbons (Fsp3) is 0.200. The minimum atomic E-state index is -4.46. The topological polar surface area (TPSA) is 29.3 Å². The van der Waals surface area contributed by atoms with Crippen LogP contribution in [0.4, 0.5) is 24.5 Å². The van der Waals surface area contributed by atoms with Gasteiger partial charge in [-0.2, -0.15) is 13.2 Å². The number of nitrogens with zero attached hydrogens (tertiary/aromatic N) is 1. The Morgan fingerprint density at radius 2 is 1.71 bits per heavy atom. The van der Waals surface area contributed by atoms with Crippen molar-refractivity contribution in [3.8, 4) is 0 Å². The molecule has 6 heteroatoms. The molecular formula is C15H14ClF3N2. The van der Waals surface area contributed by atoms with Crippen LogP contribution >= 0.6 is 11.6 Å². The Balaban J connectivity index is 2.23. The molecule has 2 aromatic carbocycles. The van der Waals surface area contributed by atoms with Crippen molar-refractivity contribution in [3.63, 3.8) is 0 Å². The Bertz CT molecular complexity index is 624. The van der Waals surface area contributed by atoms with Crippen LogP contribution in [0, 0.1) is 0 Å². The lowest BCUT2D eigenvalue weighted by Crippen LogP contribution is -2.18. The number of anilines is 2. The van der Waals surface area contributed by atoms with Crippen LogP contribution in [0.15, 0.2) is 42.5 Å². The van der Waals surface area contributed by atoms with Crippen LogP contribution in [0.5, 0.6) is 0 Å². The van der Waals surface area contributed by atoms with E-state index in [0.29, 0.717) is 17.3 Å². The molecule has 0 radical (unpaired) electrons. The van der Waals surface area contributed by atoms with E-state index in [-0.39, 0.29) is 5.69 Å². The van der Waals surface area contributed by atoms with Crippen molar-refractivity contribution in [1.82, 2.24) is 0 Å². The lowest BCUT2D eigenvalue weighted by molar-refractivity contribution is -0.136. The molecule has 2 nitrogen and oxygen atoms in total. The Hall–Kier alpha value is -1.88. The van der Waals surface area contributed by atoms with Gasteiger partial charge in [-0.05, 0) is 35.9 Å². The Labute approximate surface area is 125 Å². The molecule has 2 N–H and O–H groups in total. The second-order valence-electron chi connectivity index (χ2n) is 4.75. The van der Waals surface area contributed by atoms with E-state index in [9.17, 15) is 13.2 Å². The average molecular weight is 315 g/mol. The fourth-order valence-electron chi connectivity index (χ4n) is 1.98. The van der Waals surface area contributed by atoms with E-state index >= 15 is 0 Å². The molecule has 0 aromatic heterocycles. The Morgan fingerprint density at radius 1 is 1.10 bits per heavy atom. The SMILES string of the molecule is CN(Cc1ccc(Cl)cc1)c1ccc(N)c(C(F)(F)F)c1. The summed E-state index contributed by atoms with van der Waals surface area (Å²) in [6.45, 7) is 0.471. The second-order valence-corrected chi connectivity index (χ2v) is 5.19. The third kappa shape index (κ3) is 3.82. The van der Waals surface area contributed by atoms with Crippen LogP contribution in [0.25, 0.3) is 0 Å². The molecule has 0 saturated carbocycles. The van der Waals surface area contributed by atoms with Crippen molar-refractivity contribution < 1.29 is 13.2 Å². The van der Waals surface area contributed by atoms with Gasteiger partial charge >= 0.3 is 6.18 Å². The summed E-state index contributed by atoms with van der Waals surface area (Å²) in [7, 11) is 1.72. The van der Waals surface area contributed by atoms with Gasteiger partial charge in [0, 0.05) is 30.0 Å². The molecule has 0 aliphatic heterocycles. The first kappa shape index (κ1) is 15.5. The van der Waals surface area contributed by atoms with Crippen LogP contribution in [-0.2, 0) is 12.7 Å². The summed E-state index contributed by atoms with van der Waals surface area (Å²) >= 11 is 5.80. The molecule has 0 aliphatic carbocycles. The highest BCUT2D eigenvalue weighted by Gasteiger charge is 2.33. The summed E-state index contributed by atoms with van der Waals surface area (Å²) in [6, 6.07) is 11.1. The monoisotopic (exact) mass is 314 g/mol. The first-order valence-electron chi connectivity index (χ1n) is 6.19. The van der Waals surface area contributed by atoms with E-state index < -0.39 is 11.7 Å². The van der Waals surface area contributed by atoms with Crippen LogP contribution in [0.1, 0.15) is 11.1 Å². The van der Waals surface area contributed by atoms with Crippen molar-refractivity contribution in [3.05, 3.63) is 58.6 Å². The lowest BCUT2D eigenvalue weighted by atomic mass is 10.1. The van der Waals surface area contributed by atoms with E-state index in [1.54, 1.807) is 30.1 Å². The zero-order valence-corrected chi connectivity index (χ0v) is 12.0. The van der Waals surface area contributed by atoms with Crippen molar-refractivity contribution in [2.75, 3.05) is 17.7 Å². The average Bonchev–Trinajstić information content (AvgIpc) is 2.40. The van der Waals surface area contributed by atoms with Crippen LogP contribution in [-0.4, -0.2) is 7.05 Å². The highest BCUT2D eigenvalue weighted by atomic mass is 35.5. The molecule has 0 heterocycles. The Morgan fingerprint density at radius 3 is 2.29 bits per heavy atom. The zero-order valence-electron chi connectivity index (χ0n) is 11.3. The number of rotatable bonds is 3. The van der Waals surface area contributed by atoms with Crippen LogP contribution < -0.4 is 10.6 Å². The summed E-state index contributed by atoms with van der Waals surface area (Å²) in [6.07, 6.45) is -4.46. The maximum Gasteiger partial charge on any atom is 0.418 e. The predicted molar refractivity (Wildman–Crippen MR) is 79.4 cm³/mol. The molecule has 0 aliphatic rings. The van der Waals surface area contributed by atoms with Crippen LogP contribution in [0.2, 0.25) is 5.02 Å². The number of hydrogen-bond donors (Lipinski definition) is 1. The van der Waals surface area contributed by atoms with Crippen molar-refractivity contribution in [2.24, 2.45) is 0 Å². The third-order valence-corrected chi connectivity index (χ3v) is 3.37. The first-order chi connectivity index (χ1) is 9.77. The molecule has 0 unspecified atom stereocenters. The molecule has 112 valence electrons. The summed E-state index contributed by atoms with van der Waals surface area (Å²) < 4.78 is 38.6. The Kier molecular flexibility index (Phi) is 4.32. The van der Waals surface area contributed by atoms with Crippen molar-refractivity contribution in [2.45, 2.75) is 12.7 Å². The minimum Gasteiger partial charge on any atom is -0.398 e. The maximum atomic E-state index is 12.9. The van der Waals surface area contributed by atoms with Crippen LogP contribution in [0.3, 0.4) is 0 Å². The van der Waals surface area contributed by atoms with Gasteiger partial charge in [-0.1, -0.05) is 23.7 Å². The zero-order chi connectivity index (χ0) is 15.6. The molecule has 0 fully saturated rings. The van der Waals surface area contributed by atoms with Gasteiger partial charge in [0.05, 0.1) is 5.56 Å². The van der Waals surface area contributed by atoms with Gasteiger partial charge in [-0.3, -0.25) is 0 Å². The predicted octanol–water partition coefficient (Wildman–Crippen LogP) is 4.58. The van der Waals surface area contributed by atoms with Gasteiger partial charge in [0.25, 0.3) is 0 Å². The number of nitrogens with two attached hydrogens (primary N) is 1. The van der Waals surface area contributed by atoms with Gasteiger partial charge in [-0.15, -0.1) is 0 Å². The lowest BCUT2D eigenvalue weighted by Gasteiger charge is -2.21. The highest BCUT2D eigenvalue weighted by molar-refractivity contribution is 6.30. The van der Waals surface area contributed by atoms with Crippen molar-refractivity contribution in [1.29, 1.82) is 0 Å². The summed E-state index contributed by atoms with van der Waals surface area (Å²) in [5.41, 5.74) is 5.70. The highest BCUT2D eigenvalue weighted by Crippen LogP contribution is 2.36. The van der Waals surface area contributed by atoms with Gasteiger partial charge in [0.1, 0.15) is 0 Å². The van der Waals surface area contributed by atoms with E-state index in [0.717, 1.165) is 11.6 Å². The quantitative estimate of drug-likeness (QED) is 0.840. The van der Waals surface area contributed by atoms with Gasteiger partial charge < -0.3 is 10.6 Å². The summed E-state index contributed by atoms with van der Waals surface area (Å²) in [5.74, 6) is 0. The van der Waals surface area contributed by atoms with Crippen molar-refractivity contribution >= 4 is 23.0 Å². The molecule has 2 rings (SSSR count). The summed E-state index contributed by atoms with van der Waals surface area (Å²) in [5, 5.41) is 0.619. The number of benzene rings is 2. The number of halogens is 4. The molecule has 0 atom stereocenters. The van der Waals surface area contributed by atoms with Gasteiger partial charge in [-0.25, -0.2) is 0 Å². The first-order valence-corrected chi connectivity index (χ1v) is 6.57. The number of nitrogen functional groups attached to an aromatic ring is 1. The molecule has 21 heavy (non-hydrogen) atoms.